The van der Waals surface area contributed by atoms with Crippen LogP contribution in [0.5, 0.6) is 0 Å². The topological polar surface area (TPSA) is 26.0 Å². The maximum atomic E-state index is 6.10. The molecule has 0 fully saturated rings. The number of rotatable bonds is 3. The Bertz CT molecular complexity index is 468. The first-order chi connectivity index (χ1) is 7.66. The Morgan fingerprint density at radius 2 is 2.06 bits per heavy atom. The molecule has 0 amide bonds. The molecule has 0 radical (unpaired) electrons. The first kappa shape index (κ1) is 11.9. The average Bonchev–Trinajstić information content (AvgIpc) is 2.75. The molecule has 16 heavy (non-hydrogen) atoms. The van der Waals surface area contributed by atoms with Crippen LogP contribution in [0.1, 0.15) is 17.2 Å². The van der Waals surface area contributed by atoms with Gasteiger partial charge in [0.1, 0.15) is 0 Å². The van der Waals surface area contributed by atoms with E-state index in [-0.39, 0.29) is 6.04 Å². The molecule has 0 spiro atoms. The molecule has 0 aliphatic carbocycles. The van der Waals surface area contributed by atoms with Crippen LogP contribution >= 0.6 is 34.5 Å². The van der Waals surface area contributed by atoms with Gasteiger partial charge in [-0.2, -0.15) is 11.3 Å². The molecule has 2 rings (SSSR count). The fraction of sp³-hybridized carbons (Fsp3) is 0.167. The second-order valence-corrected chi connectivity index (χ2v) is 5.23. The van der Waals surface area contributed by atoms with Gasteiger partial charge >= 0.3 is 0 Å². The molecule has 1 aromatic carbocycles. The lowest BCUT2D eigenvalue weighted by Crippen LogP contribution is -2.12. The van der Waals surface area contributed by atoms with E-state index in [0.29, 0.717) is 10.0 Å². The first-order valence-corrected chi connectivity index (χ1v) is 6.58. The largest absolute Gasteiger partial charge is 0.324 e. The van der Waals surface area contributed by atoms with Gasteiger partial charge in [-0.25, -0.2) is 0 Å². The Balaban J connectivity index is 2.15. The van der Waals surface area contributed by atoms with Crippen molar-refractivity contribution in [2.75, 3.05) is 0 Å². The van der Waals surface area contributed by atoms with E-state index in [1.54, 1.807) is 17.4 Å². The molecule has 1 aromatic heterocycles. The number of benzene rings is 1. The van der Waals surface area contributed by atoms with Crippen LogP contribution in [0.15, 0.2) is 35.0 Å². The zero-order chi connectivity index (χ0) is 11.5. The van der Waals surface area contributed by atoms with Gasteiger partial charge in [-0.05, 0) is 46.5 Å². The summed E-state index contributed by atoms with van der Waals surface area (Å²) >= 11 is 13.6. The van der Waals surface area contributed by atoms with Gasteiger partial charge in [0.15, 0.2) is 0 Å². The zero-order valence-corrected chi connectivity index (χ0v) is 10.8. The number of hydrogen-bond donors (Lipinski definition) is 1. The maximum absolute atomic E-state index is 6.10. The zero-order valence-electron chi connectivity index (χ0n) is 8.49. The average molecular weight is 272 g/mol. The van der Waals surface area contributed by atoms with E-state index in [2.05, 4.69) is 5.38 Å². The van der Waals surface area contributed by atoms with E-state index < -0.39 is 0 Å². The summed E-state index contributed by atoms with van der Waals surface area (Å²) in [4.78, 5) is 0. The van der Waals surface area contributed by atoms with Crippen molar-refractivity contribution in [2.24, 2.45) is 5.73 Å². The van der Waals surface area contributed by atoms with Crippen molar-refractivity contribution in [3.8, 4) is 0 Å². The van der Waals surface area contributed by atoms with Crippen LogP contribution in [0.25, 0.3) is 0 Å². The quantitative estimate of drug-likeness (QED) is 0.885. The third-order valence-electron chi connectivity index (χ3n) is 2.43. The molecule has 1 unspecified atom stereocenters. The van der Waals surface area contributed by atoms with E-state index in [0.717, 1.165) is 17.5 Å². The maximum Gasteiger partial charge on any atom is 0.0453 e. The molecular formula is C12H11Cl2NS. The van der Waals surface area contributed by atoms with E-state index in [9.17, 15) is 0 Å². The summed E-state index contributed by atoms with van der Waals surface area (Å²) in [5, 5.41) is 5.42. The van der Waals surface area contributed by atoms with Crippen LogP contribution in [0.2, 0.25) is 10.0 Å². The van der Waals surface area contributed by atoms with Gasteiger partial charge in [0.25, 0.3) is 0 Å². The van der Waals surface area contributed by atoms with Crippen LogP contribution in [0.4, 0.5) is 0 Å². The predicted molar refractivity (Wildman–Crippen MR) is 71.4 cm³/mol. The molecule has 0 bridgehead atoms. The third-order valence-corrected chi connectivity index (χ3v) is 3.71. The number of hydrogen-bond acceptors (Lipinski definition) is 2. The lowest BCUT2D eigenvalue weighted by atomic mass is 10.0. The van der Waals surface area contributed by atoms with Gasteiger partial charge in [0.2, 0.25) is 0 Å². The Labute approximate surface area is 109 Å². The van der Waals surface area contributed by atoms with Crippen molar-refractivity contribution in [1.29, 1.82) is 0 Å². The normalized spacial score (nSPS) is 12.7. The van der Waals surface area contributed by atoms with Crippen LogP contribution < -0.4 is 5.73 Å². The summed E-state index contributed by atoms with van der Waals surface area (Å²) < 4.78 is 0. The number of halogens is 2. The summed E-state index contributed by atoms with van der Waals surface area (Å²) in [5.74, 6) is 0. The molecule has 0 aliphatic heterocycles. The fourth-order valence-corrected chi connectivity index (χ4v) is 2.74. The minimum atomic E-state index is -0.00933. The molecule has 1 atom stereocenters. The van der Waals surface area contributed by atoms with Crippen molar-refractivity contribution in [3.63, 3.8) is 0 Å². The minimum Gasteiger partial charge on any atom is -0.324 e. The molecule has 1 nitrogen and oxygen atoms in total. The smallest absolute Gasteiger partial charge is 0.0453 e. The third kappa shape index (κ3) is 2.77. The molecular weight excluding hydrogens is 261 g/mol. The Hall–Kier alpha value is -0.540. The standard InChI is InChI=1S/C12H11Cl2NS/c13-10-2-1-8(11(14)6-10)5-12(15)9-3-4-16-7-9/h1-4,6-7,12H,5,15H2. The molecule has 2 aromatic rings. The first-order valence-electron chi connectivity index (χ1n) is 4.88. The molecule has 0 aliphatic rings. The van der Waals surface area contributed by atoms with Crippen LogP contribution in [0.3, 0.4) is 0 Å². The highest BCUT2D eigenvalue weighted by Crippen LogP contribution is 2.25. The Morgan fingerprint density at radius 1 is 1.25 bits per heavy atom. The van der Waals surface area contributed by atoms with E-state index in [1.165, 1.54) is 0 Å². The monoisotopic (exact) mass is 271 g/mol. The highest BCUT2D eigenvalue weighted by molar-refractivity contribution is 7.07. The molecule has 1 heterocycles. The van der Waals surface area contributed by atoms with Gasteiger partial charge in [-0.1, -0.05) is 29.3 Å². The van der Waals surface area contributed by atoms with Gasteiger partial charge in [0.05, 0.1) is 0 Å². The lowest BCUT2D eigenvalue weighted by molar-refractivity contribution is 0.725. The van der Waals surface area contributed by atoms with E-state index >= 15 is 0 Å². The summed E-state index contributed by atoms with van der Waals surface area (Å²) in [6.45, 7) is 0. The number of nitrogens with two attached hydrogens (primary N) is 1. The van der Waals surface area contributed by atoms with Gasteiger partial charge < -0.3 is 5.73 Å². The summed E-state index contributed by atoms with van der Waals surface area (Å²) in [6, 6.07) is 7.54. The second kappa shape index (κ2) is 5.19. The van der Waals surface area contributed by atoms with Crippen molar-refractivity contribution >= 4 is 34.5 Å². The number of thiophene rings is 1. The lowest BCUT2D eigenvalue weighted by Gasteiger charge is -2.11. The fourth-order valence-electron chi connectivity index (χ4n) is 1.53. The van der Waals surface area contributed by atoms with Crippen LogP contribution in [-0.2, 0) is 6.42 Å². The van der Waals surface area contributed by atoms with E-state index in [4.69, 9.17) is 28.9 Å². The summed E-state index contributed by atoms with van der Waals surface area (Å²) in [7, 11) is 0. The van der Waals surface area contributed by atoms with Gasteiger partial charge in [-0.15, -0.1) is 0 Å². The van der Waals surface area contributed by atoms with Crippen LogP contribution in [0, 0.1) is 0 Å². The molecule has 0 saturated carbocycles. The Morgan fingerprint density at radius 3 is 2.69 bits per heavy atom. The SMILES string of the molecule is NC(Cc1ccc(Cl)cc1Cl)c1ccsc1. The van der Waals surface area contributed by atoms with Gasteiger partial charge in [0, 0.05) is 16.1 Å². The molecule has 0 saturated heterocycles. The molecule has 4 heteroatoms. The molecule has 84 valence electrons. The Kier molecular flexibility index (Phi) is 3.87. The molecule has 2 N–H and O–H groups in total. The second-order valence-electron chi connectivity index (χ2n) is 3.60. The predicted octanol–water partition coefficient (Wildman–Crippen LogP) is 4.30. The van der Waals surface area contributed by atoms with Crippen molar-refractivity contribution in [1.82, 2.24) is 0 Å². The minimum absolute atomic E-state index is 0.00933. The summed E-state index contributed by atoms with van der Waals surface area (Å²) in [5.41, 5.74) is 8.27. The van der Waals surface area contributed by atoms with E-state index in [1.807, 2.05) is 23.6 Å². The van der Waals surface area contributed by atoms with Crippen molar-refractivity contribution in [3.05, 3.63) is 56.2 Å². The van der Waals surface area contributed by atoms with Gasteiger partial charge in [-0.3, -0.25) is 0 Å². The summed E-state index contributed by atoms with van der Waals surface area (Å²) in [6.07, 6.45) is 0.729. The highest BCUT2D eigenvalue weighted by atomic mass is 35.5. The highest BCUT2D eigenvalue weighted by Gasteiger charge is 2.10. The van der Waals surface area contributed by atoms with Crippen molar-refractivity contribution < 1.29 is 0 Å². The van der Waals surface area contributed by atoms with Crippen molar-refractivity contribution in [2.45, 2.75) is 12.5 Å². The van der Waals surface area contributed by atoms with Crippen LogP contribution in [-0.4, -0.2) is 0 Å².